The van der Waals surface area contributed by atoms with E-state index in [-0.39, 0.29) is 172 Å². The number of nitrogens with zero attached hydrogens (tertiary/aromatic N) is 3. The van der Waals surface area contributed by atoms with Crippen LogP contribution in [0.15, 0.2) is 182 Å². The van der Waals surface area contributed by atoms with Crippen molar-refractivity contribution in [2.75, 3.05) is 86.7 Å². The SMILES string of the molecule is COP(=O)(N(C)C)N1CCN(C(=O)CCNC(=O)CCCCCNC(=O)C(CCCNC(=N)N)NC(=O)C(Cc2ccccc2)NC(=O)C(Cc2ccccc2)NC(=O)C(CCCNC(=N)N)NC(=O)C(Cc2ccccc2)NC(=O)C(Cc2ccccc2)NC(=O)C(CCCNC(=N)N)NC(=O)C(Cc2ccccc2)NC(=O)C(Cc2ccccc2)NC(=O)C(CCCNC(=N)N)NC(C)=O)CC1. The van der Waals surface area contributed by atoms with Crippen molar-refractivity contribution in [2.24, 2.45) is 22.9 Å². The van der Waals surface area contributed by atoms with Crippen molar-refractivity contribution in [2.45, 2.75) is 189 Å². The van der Waals surface area contributed by atoms with Gasteiger partial charge in [0.25, 0.3) is 0 Å². The van der Waals surface area contributed by atoms with Crippen LogP contribution < -0.4 is 108 Å². The number of carbonyl (C=O) groups excluding carboxylic acids is 13. The van der Waals surface area contributed by atoms with Gasteiger partial charge < -0.3 is 117 Å². The Labute approximate surface area is 810 Å². The zero-order valence-corrected chi connectivity index (χ0v) is 80.2. The van der Waals surface area contributed by atoms with Gasteiger partial charge in [0, 0.05) is 131 Å². The number of guanidine groups is 4. The molecule has 0 saturated carbocycles. The minimum Gasteiger partial charge on any atom is -0.370 e. The highest BCUT2D eigenvalue weighted by Crippen LogP contribution is 2.52. The van der Waals surface area contributed by atoms with Crippen molar-refractivity contribution in [1.82, 2.24) is 99.3 Å². The molecule has 11 unspecified atom stereocenters. The average molecular weight is 1940 g/mol. The lowest BCUT2D eigenvalue weighted by molar-refractivity contribution is -0.136. The molecule has 139 heavy (non-hydrogen) atoms. The number of hydrogen-bond donors (Lipinski definition) is 24. The van der Waals surface area contributed by atoms with Crippen LogP contribution in [0.25, 0.3) is 0 Å². The Hall–Kier alpha value is -14.4. The van der Waals surface area contributed by atoms with E-state index in [0.29, 0.717) is 78.8 Å². The quantitative estimate of drug-likeness (QED) is 0.0103. The van der Waals surface area contributed by atoms with Gasteiger partial charge in [0.05, 0.1) is 0 Å². The van der Waals surface area contributed by atoms with Crippen LogP contribution in [0.4, 0.5) is 0 Å². The molecule has 42 nitrogen and oxygen atoms in total. The summed E-state index contributed by atoms with van der Waals surface area (Å²) in [6.07, 6.45) is 1.08. The van der Waals surface area contributed by atoms with Crippen molar-refractivity contribution >= 4 is 108 Å². The molecule has 43 heteroatoms. The van der Waals surface area contributed by atoms with E-state index in [1.165, 1.54) is 18.7 Å². The van der Waals surface area contributed by atoms with Gasteiger partial charge in [0.2, 0.25) is 76.8 Å². The number of benzene rings is 6. The predicted octanol–water partition coefficient (Wildman–Crippen LogP) is 0.00678. The fourth-order valence-electron chi connectivity index (χ4n) is 15.5. The summed E-state index contributed by atoms with van der Waals surface area (Å²) in [6, 6.07) is 37.5. The maximum atomic E-state index is 15.6. The van der Waals surface area contributed by atoms with Gasteiger partial charge in [-0.05, 0) is 112 Å². The van der Waals surface area contributed by atoms with Crippen LogP contribution in [0.2, 0.25) is 0 Å². The van der Waals surface area contributed by atoms with Crippen LogP contribution in [-0.2, 0) is 110 Å². The lowest BCUT2D eigenvalue weighted by atomic mass is 10.00. The summed E-state index contributed by atoms with van der Waals surface area (Å²) in [6.45, 7) is 3.31. The molecule has 13 amide bonds. The van der Waals surface area contributed by atoms with Gasteiger partial charge in [-0.2, -0.15) is 0 Å². The number of rotatable bonds is 60. The summed E-state index contributed by atoms with van der Waals surface area (Å²) in [7, 11) is 1.53. The molecule has 752 valence electrons. The summed E-state index contributed by atoms with van der Waals surface area (Å²) < 4.78 is 21.9. The molecule has 1 saturated heterocycles. The number of amides is 13. The van der Waals surface area contributed by atoms with E-state index in [1.807, 2.05) is 0 Å². The first kappa shape index (κ1) is 112. The van der Waals surface area contributed by atoms with Crippen LogP contribution in [-0.4, -0.2) is 262 Å². The van der Waals surface area contributed by atoms with E-state index in [9.17, 15) is 33.3 Å². The Bertz CT molecular complexity index is 5000. The van der Waals surface area contributed by atoms with Gasteiger partial charge >= 0.3 is 7.67 Å². The van der Waals surface area contributed by atoms with Crippen molar-refractivity contribution in [3.05, 3.63) is 215 Å². The third-order valence-electron chi connectivity index (χ3n) is 22.8. The van der Waals surface area contributed by atoms with Crippen molar-refractivity contribution in [3.8, 4) is 0 Å². The van der Waals surface area contributed by atoms with E-state index in [0.717, 1.165) is 0 Å². The van der Waals surface area contributed by atoms with Gasteiger partial charge in [-0.1, -0.05) is 188 Å². The summed E-state index contributed by atoms with van der Waals surface area (Å²) in [5, 5.41) is 75.7. The number of hydrogen-bond acceptors (Lipinski definition) is 19. The van der Waals surface area contributed by atoms with Crippen molar-refractivity contribution < 1.29 is 71.4 Å². The van der Waals surface area contributed by atoms with Crippen molar-refractivity contribution in [1.29, 1.82) is 21.6 Å². The molecule has 28 N–H and O–H groups in total. The summed E-state index contributed by atoms with van der Waals surface area (Å²) in [4.78, 5) is 191. The molecule has 0 bridgehead atoms. The highest BCUT2D eigenvalue weighted by atomic mass is 31.2. The lowest BCUT2D eigenvalue weighted by Gasteiger charge is -2.39. The molecule has 0 aromatic heterocycles. The molecule has 1 aliphatic heterocycles. The van der Waals surface area contributed by atoms with E-state index >= 15 is 33.6 Å². The predicted molar refractivity (Wildman–Crippen MR) is 528 cm³/mol. The normalized spacial score (nSPS) is 14.4. The third-order valence-corrected chi connectivity index (χ3v) is 25.4. The first-order chi connectivity index (χ1) is 66.7. The molecule has 0 aliphatic carbocycles. The summed E-state index contributed by atoms with van der Waals surface area (Å²) in [5.41, 5.74) is 25.9. The number of nitrogens with one attached hydrogen (secondary N) is 20. The third kappa shape index (κ3) is 41.6. The Balaban J connectivity index is 1.12. The first-order valence-electron chi connectivity index (χ1n) is 46.6. The van der Waals surface area contributed by atoms with E-state index in [2.05, 4.69) is 85.1 Å². The molecule has 0 radical (unpaired) electrons. The maximum absolute atomic E-state index is 15.6. The molecule has 1 fully saturated rings. The zero-order valence-electron chi connectivity index (χ0n) is 79.3. The fraction of sp³-hybridized carbons (Fsp3) is 0.448. The monoisotopic (exact) mass is 1940 g/mol. The Morgan fingerprint density at radius 1 is 0.317 bits per heavy atom. The highest BCUT2D eigenvalue weighted by molar-refractivity contribution is 7.53. The number of piperazine rings is 1. The topological polar surface area (TPSA) is 650 Å². The molecule has 11 atom stereocenters. The maximum Gasteiger partial charge on any atom is 0.345 e. The Morgan fingerprint density at radius 3 is 0.813 bits per heavy atom. The summed E-state index contributed by atoms with van der Waals surface area (Å²) in [5.74, 6) is -10.6. The second kappa shape index (κ2) is 60.3. The van der Waals surface area contributed by atoms with E-state index < -0.39 is 139 Å². The zero-order chi connectivity index (χ0) is 101. The fourth-order valence-corrected chi connectivity index (χ4v) is 17.2. The number of nitrogens with two attached hydrogens (primary N) is 4. The molecule has 1 heterocycles. The Morgan fingerprint density at radius 2 is 0.561 bits per heavy atom. The average Bonchev–Trinajstić information content (AvgIpc) is 0.810. The van der Waals surface area contributed by atoms with Gasteiger partial charge in [-0.15, -0.1) is 0 Å². The van der Waals surface area contributed by atoms with Gasteiger partial charge in [-0.3, -0.25) is 88.5 Å². The van der Waals surface area contributed by atoms with Crippen LogP contribution in [0, 0.1) is 21.6 Å². The molecular weight excluding hydrogens is 1800 g/mol. The molecular formula is C96H138N27O15P. The number of unbranched alkanes of at least 4 members (excludes halogenated alkanes) is 2. The van der Waals surface area contributed by atoms with Gasteiger partial charge in [0.15, 0.2) is 23.8 Å². The lowest BCUT2D eigenvalue weighted by Crippen LogP contribution is -2.61. The largest absolute Gasteiger partial charge is 0.370 e. The minimum absolute atomic E-state index is 0.0184. The second-order valence-corrected chi connectivity index (χ2v) is 36.6. The van der Waals surface area contributed by atoms with Crippen molar-refractivity contribution in [3.63, 3.8) is 0 Å². The molecule has 0 spiro atoms. The standard InChI is InChI=1S/C96H138N27O15P/c1-64(124)111-72(43-27-50-108-94(99)100)84(128)115-78(61-68-36-18-8-19-37-68)90(134)119-76(59-66-32-14-6-15-33-66)88(132)113-74(45-29-52-110-96(103)104)86(130)117-80(63-70-40-22-10-23-41-70)92(136)120-77(60-67-34-16-7-17-35-67)89(133)114-73(44-28-51-109-95(101)102)85(129)116-79(62-69-38-20-9-21-39-69)91(135)118-75(58-65-30-12-5-13-31-65)87(131)112-71(42-26-49-107-93(97)98)83(127)106-48-25-11-24-46-81(125)105-53-47-82(126)122-54-56-123(57-55-122)139(137,138-4)121(2)3/h5-10,12-23,30-41,71-80H,11,24-29,42-63H2,1-4H3,(H,105,125)(H,106,127)(H,111,124)(H,112,131)(H,113,132)(H,114,133)(H,115,128)(H,116,129)(H,117,130)(H,118,135)(H,119,134)(H,120,136)(H4,97,98,107)(H4,99,100,108)(H4,101,102,109)(H4,103,104,110). The molecule has 6 aromatic rings. The van der Waals surface area contributed by atoms with Crippen LogP contribution in [0.1, 0.15) is 124 Å². The smallest absolute Gasteiger partial charge is 0.345 e. The molecule has 6 aromatic carbocycles. The van der Waals surface area contributed by atoms with Crippen LogP contribution >= 0.6 is 7.67 Å². The van der Waals surface area contributed by atoms with Gasteiger partial charge in [0.1, 0.15) is 60.4 Å². The minimum atomic E-state index is -3.20. The molecule has 7 rings (SSSR count). The van der Waals surface area contributed by atoms with Crippen LogP contribution in [0.5, 0.6) is 0 Å². The number of carbonyl (C=O) groups is 13. The highest BCUT2D eigenvalue weighted by Gasteiger charge is 2.40. The Kier molecular flexibility index (Phi) is 48.4. The molecule has 1 aliphatic rings. The summed E-state index contributed by atoms with van der Waals surface area (Å²) >= 11 is 0. The second-order valence-electron chi connectivity index (χ2n) is 33.9. The van der Waals surface area contributed by atoms with Crippen LogP contribution in [0.3, 0.4) is 0 Å². The van der Waals surface area contributed by atoms with E-state index in [4.69, 9.17) is 49.1 Å². The first-order valence-corrected chi connectivity index (χ1v) is 48.2. The van der Waals surface area contributed by atoms with Gasteiger partial charge in [-0.25, -0.2) is 9.34 Å². The van der Waals surface area contributed by atoms with E-state index in [1.54, 1.807) is 206 Å².